The van der Waals surface area contributed by atoms with Crippen molar-refractivity contribution < 1.29 is 4.79 Å². The molecule has 4 aliphatic rings. The predicted octanol–water partition coefficient (Wildman–Crippen LogP) is 5.79. The van der Waals surface area contributed by atoms with E-state index in [1.807, 2.05) is 0 Å². The molecule has 0 aliphatic heterocycles. The largest absolute Gasteiger partial charge is 0.299 e. The third-order valence-electron chi connectivity index (χ3n) is 9.59. The summed E-state index contributed by atoms with van der Waals surface area (Å²) in [4.78, 5) is 12.6. The van der Waals surface area contributed by atoms with E-state index in [4.69, 9.17) is 0 Å². The zero-order chi connectivity index (χ0) is 16.7. The summed E-state index contributed by atoms with van der Waals surface area (Å²) in [6.07, 6.45) is 13.5. The number of carbonyl (C=O) groups is 1. The summed E-state index contributed by atoms with van der Waals surface area (Å²) in [6.45, 7) is 12.2. The molecule has 0 aromatic heterocycles. The number of fused-ring (bicyclic) bond motifs is 5. The Morgan fingerprint density at radius 3 is 2.39 bits per heavy atom. The lowest BCUT2D eigenvalue weighted by molar-refractivity contribution is -0.197. The van der Waals surface area contributed by atoms with Gasteiger partial charge in [-0.15, -0.1) is 0 Å². The second kappa shape index (κ2) is 4.52. The second-order valence-corrected chi connectivity index (χ2v) is 10.4. The molecule has 128 valence electrons. The molecule has 0 amide bonds. The van der Waals surface area contributed by atoms with Crippen LogP contribution in [0.1, 0.15) is 79.6 Å². The molecule has 3 saturated carbocycles. The van der Waals surface area contributed by atoms with Crippen molar-refractivity contribution >= 4 is 5.78 Å². The molecule has 4 rings (SSSR count). The Morgan fingerprint density at radius 1 is 0.913 bits per heavy atom. The van der Waals surface area contributed by atoms with Gasteiger partial charge in [-0.3, -0.25) is 4.79 Å². The van der Waals surface area contributed by atoms with Gasteiger partial charge in [0, 0.05) is 11.8 Å². The van der Waals surface area contributed by atoms with E-state index in [1.165, 1.54) is 32.1 Å². The van der Waals surface area contributed by atoms with Gasteiger partial charge in [0.25, 0.3) is 0 Å². The molecule has 4 aliphatic carbocycles. The van der Waals surface area contributed by atoms with Crippen molar-refractivity contribution in [2.75, 3.05) is 0 Å². The molecule has 6 atom stereocenters. The van der Waals surface area contributed by atoms with E-state index in [-0.39, 0.29) is 5.41 Å². The highest BCUT2D eigenvalue weighted by atomic mass is 16.1. The van der Waals surface area contributed by atoms with E-state index < -0.39 is 0 Å². The van der Waals surface area contributed by atoms with Crippen molar-refractivity contribution in [1.82, 2.24) is 0 Å². The van der Waals surface area contributed by atoms with Crippen LogP contribution < -0.4 is 0 Å². The summed E-state index contributed by atoms with van der Waals surface area (Å²) >= 11 is 0. The van der Waals surface area contributed by atoms with Crippen molar-refractivity contribution in [3.05, 3.63) is 12.2 Å². The van der Waals surface area contributed by atoms with Crippen molar-refractivity contribution in [3.8, 4) is 0 Å². The molecule has 23 heavy (non-hydrogen) atoms. The van der Waals surface area contributed by atoms with Crippen LogP contribution in [0.3, 0.4) is 0 Å². The van der Waals surface area contributed by atoms with Gasteiger partial charge >= 0.3 is 0 Å². The lowest BCUT2D eigenvalue weighted by Crippen LogP contribution is -2.63. The maximum atomic E-state index is 12.6. The summed E-state index contributed by atoms with van der Waals surface area (Å²) in [5, 5.41) is 0. The molecule has 0 aromatic rings. The third kappa shape index (κ3) is 1.72. The van der Waals surface area contributed by atoms with Crippen LogP contribution in [0.15, 0.2) is 12.2 Å². The maximum Gasteiger partial charge on any atom is 0.138 e. The van der Waals surface area contributed by atoms with Crippen LogP contribution in [0, 0.1) is 39.4 Å². The average molecular weight is 315 g/mol. The standard InChI is InChI=1S/C22H34O/c1-19(2)16-10-14-22(5)17(20(16,3)13-11-18(19)23)9-8-15-7-6-12-21(15,22)4/h6-7,15-17H,8-14H2,1-5H3/t15-,16-,17+,20-,21+,22+/m0/s1. The van der Waals surface area contributed by atoms with Gasteiger partial charge in [-0.1, -0.05) is 46.8 Å². The van der Waals surface area contributed by atoms with E-state index >= 15 is 0 Å². The molecular formula is C22H34O. The molecular weight excluding hydrogens is 280 g/mol. The zero-order valence-electron chi connectivity index (χ0n) is 15.7. The van der Waals surface area contributed by atoms with Crippen LogP contribution in [-0.4, -0.2) is 5.78 Å². The van der Waals surface area contributed by atoms with E-state index in [2.05, 4.69) is 46.8 Å². The van der Waals surface area contributed by atoms with Crippen molar-refractivity contribution in [1.29, 1.82) is 0 Å². The van der Waals surface area contributed by atoms with Gasteiger partial charge in [-0.2, -0.15) is 0 Å². The Labute approximate surface area is 142 Å². The fourth-order valence-electron chi connectivity index (χ4n) is 7.94. The number of allylic oxidation sites excluding steroid dienone is 2. The number of ketones is 1. The first-order valence-corrected chi connectivity index (χ1v) is 9.86. The Bertz CT molecular complexity index is 573. The van der Waals surface area contributed by atoms with Gasteiger partial charge < -0.3 is 0 Å². The van der Waals surface area contributed by atoms with Gasteiger partial charge in [-0.25, -0.2) is 0 Å². The monoisotopic (exact) mass is 314 g/mol. The van der Waals surface area contributed by atoms with Crippen molar-refractivity contribution in [2.24, 2.45) is 39.4 Å². The van der Waals surface area contributed by atoms with Crippen LogP contribution >= 0.6 is 0 Å². The number of rotatable bonds is 0. The Morgan fingerprint density at radius 2 is 1.65 bits per heavy atom. The zero-order valence-corrected chi connectivity index (χ0v) is 15.7. The predicted molar refractivity (Wildman–Crippen MR) is 95.0 cm³/mol. The second-order valence-electron chi connectivity index (χ2n) is 10.4. The van der Waals surface area contributed by atoms with Crippen molar-refractivity contribution in [3.63, 3.8) is 0 Å². The van der Waals surface area contributed by atoms with Crippen LogP contribution in [0.25, 0.3) is 0 Å². The highest BCUT2D eigenvalue weighted by Crippen LogP contribution is 2.73. The molecule has 0 saturated heterocycles. The SMILES string of the molecule is CC1(C)C(=O)CC[C@]2(C)[C@H]3CC[C@@H]4C=CC[C@@]4(C)[C@]3(C)CC[C@@H]12. The van der Waals surface area contributed by atoms with E-state index in [0.29, 0.717) is 27.9 Å². The summed E-state index contributed by atoms with van der Waals surface area (Å²) < 4.78 is 0. The number of hydrogen-bond acceptors (Lipinski definition) is 1. The van der Waals surface area contributed by atoms with Gasteiger partial charge in [0.05, 0.1) is 0 Å². The molecule has 3 fully saturated rings. The Hall–Kier alpha value is -0.590. The lowest BCUT2D eigenvalue weighted by Gasteiger charge is -2.68. The van der Waals surface area contributed by atoms with E-state index in [1.54, 1.807) is 0 Å². The minimum atomic E-state index is -0.111. The molecule has 1 nitrogen and oxygen atoms in total. The van der Waals surface area contributed by atoms with Gasteiger partial charge in [-0.05, 0) is 72.5 Å². The molecule has 0 radical (unpaired) electrons. The molecule has 1 heteroatoms. The maximum absolute atomic E-state index is 12.6. The summed E-state index contributed by atoms with van der Waals surface area (Å²) in [6, 6.07) is 0. The van der Waals surface area contributed by atoms with Crippen LogP contribution in [0.4, 0.5) is 0 Å². The quantitative estimate of drug-likeness (QED) is 0.517. The topological polar surface area (TPSA) is 17.1 Å². The van der Waals surface area contributed by atoms with Gasteiger partial charge in [0.15, 0.2) is 0 Å². The summed E-state index contributed by atoms with van der Waals surface area (Å²) in [5.41, 5.74) is 1.15. The van der Waals surface area contributed by atoms with Crippen LogP contribution in [0.2, 0.25) is 0 Å². The number of Topliss-reactive ketones (excluding diaryl/α,β-unsaturated/α-hetero) is 1. The molecule has 0 aromatic carbocycles. The van der Waals surface area contributed by atoms with E-state index in [0.717, 1.165) is 24.7 Å². The number of hydrogen-bond donors (Lipinski definition) is 0. The first kappa shape index (κ1) is 15.9. The Kier molecular flexibility index (Phi) is 3.13. The summed E-state index contributed by atoms with van der Waals surface area (Å²) in [7, 11) is 0. The highest BCUT2D eigenvalue weighted by Gasteiger charge is 2.66. The first-order valence-electron chi connectivity index (χ1n) is 9.86. The van der Waals surface area contributed by atoms with Crippen LogP contribution in [-0.2, 0) is 4.79 Å². The smallest absolute Gasteiger partial charge is 0.138 e. The summed E-state index contributed by atoms with van der Waals surface area (Å²) in [5.74, 6) is 2.69. The molecule has 0 spiro atoms. The number of carbonyl (C=O) groups excluding carboxylic acids is 1. The van der Waals surface area contributed by atoms with Gasteiger partial charge in [0.1, 0.15) is 5.78 Å². The lowest BCUT2D eigenvalue weighted by atomic mass is 9.36. The van der Waals surface area contributed by atoms with E-state index in [9.17, 15) is 4.79 Å². The normalized spacial score (nSPS) is 54.3. The average Bonchev–Trinajstić information content (AvgIpc) is 2.86. The molecule has 0 N–H and O–H groups in total. The van der Waals surface area contributed by atoms with Crippen LogP contribution in [0.5, 0.6) is 0 Å². The minimum Gasteiger partial charge on any atom is -0.299 e. The molecule has 0 unspecified atom stereocenters. The molecule has 0 bridgehead atoms. The fourth-order valence-corrected chi connectivity index (χ4v) is 7.94. The molecule has 0 heterocycles. The minimum absolute atomic E-state index is 0.111. The third-order valence-corrected chi connectivity index (χ3v) is 9.59. The van der Waals surface area contributed by atoms with Crippen molar-refractivity contribution in [2.45, 2.75) is 79.6 Å². The van der Waals surface area contributed by atoms with Gasteiger partial charge in [0.2, 0.25) is 0 Å². The Balaban J connectivity index is 1.77. The first-order chi connectivity index (χ1) is 10.7. The highest BCUT2D eigenvalue weighted by molar-refractivity contribution is 5.85. The fraction of sp³-hybridized carbons (Fsp3) is 0.864.